The van der Waals surface area contributed by atoms with Crippen molar-refractivity contribution in [3.63, 3.8) is 0 Å². The topological polar surface area (TPSA) is 88.7 Å². The van der Waals surface area contributed by atoms with Crippen molar-refractivity contribution in [1.82, 2.24) is 15.3 Å². The first-order valence-corrected chi connectivity index (χ1v) is 6.95. The molecule has 1 aliphatic carbocycles. The summed E-state index contributed by atoms with van der Waals surface area (Å²) in [4.78, 5) is 4.45. The van der Waals surface area contributed by atoms with E-state index in [0.29, 0.717) is 35.2 Å². The van der Waals surface area contributed by atoms with E-state index in [-0.39, 0.29) is 0 Å². The van der Waals surface area contributed by atoms with Crippen molar-refractivity contribution >= 4 is 0 Å². The molecule has 0 N–H and O–H groups in total. The lowest BCUT2D eigenvalue weighted by Gasteiger charge is -2.17. The van der Waals surface area contributed by atoms with Gasteiger partial charge in [-0.1, -0.05) is 29.6 Å². The zero-order chi connectivity index (χ0) is 13.9. The van der Waals surface area contributed by atoms with E-state index in [1.54, 1.807) is 6.92 Å². The zero-order valence-corrected chi connectivity index (χ0v) is 11.4. The molecule has 6 heteroatoms. The maximum Gasteiger partial charge on any atom is 0.232 e. The lowest BCUT2D eigenvalue weighted by molar-refractivity contribution is 0.356. The number of aromatic nitrogens is 3. The molecule has 2 aromatic rings. The van der Waals surface area contributed by atoms with Crippen molar-refractivity contribution < 1.29 is 9.05 Å². The predicted molar refractivity (Wildman–Crippen MR) is 68.9 cm³/mol. The quantitative estimate of drug-likeness (QED) is 0.853. The van der Waals surface area contributed by atoms with Crippen LogP contribution in [0.25, 0.3) is 0 Å². The van der Waals surface area contributed by atoms with Gasteiger partial charge in [-0.05, 0) is 19.8 Å². The molecule has 0 unspecified atom stereocenters. The molecule has 0 saturated heterocycles. The largest absolute Gasteiger partial charge is 0.360 e. The fourth-order valence-corrected chi connectivity index (χ4v) is 2.69. The Bertz CT molecular complexity index is 632. The Kier molecular flexibility index (Phi) is 3.50. The number of aryl methyl sites for hydroxylation is 1. The smallest absolute Gasteiger partial charge is 0.232 e. The lowest BCUT2D eigenvalue weighted by Crippen LogP contribution is -2.06. The Morgan fingerprint density at radius 3 is 2.75 bits per heavy atom. The average molecular weight is 272 g/mol. The molecule has 0 aromatic carbocycles. The Hall–Kier alpha value is -2.16. The highest BCUT2D eigenvalue weighted by atomic mass is 16.5. The fourth-order valence-electron chi connectivity index (χ4n) is 2.69. The Balaban J connectivity index is 1.75. The predicted octanol–water partition coefficient (Wildman–Crippen LogP) is 2.88. The Morgan fingerprint density at radius 2 is 2.00 bits per heavy atom. The molecule has 6 nitrogen and oxygen atoms in total. The first kappa shape index (κ1) is 12.9. The monoisotopic (exact) mass is 272 g/mol. The van der Waals surface area contributed by atoms with E-state index in [1.807, 2.05) is 0 Å². The zero-order valence-electron chi connectivity index (χ0n) is 11.4. The van der Waals surface area contributed by atoms with Crippen molar-refractivity contribution in [1.29, 1.82) is 5.26 Å². The van der Waals surface area contributed by atoms with Gasteiger partial charge in [0, 0.05) is 5.92 Å². The minimum Gasteiger partial charge on any atom is -0.360 e. The van der Waals surface area contributed by atoms with Gasteiger partial charge >= 0.3 is 0 Å². The molecule has 1 saturated carbocycles. The highest BCUT2D eigenvalue weighted by Crippen LogP contribution is 2.31. The van der Waals surface area contributed by atoms with Crippen LogP contribution >= 0.6 is 0 Å². The normalized spacial score (nSPS) is 16.2. The molecule has 1 fully saturated rings. The molecule has 0 bridgehead atoms. The highest BCUT2D eigenvalue weighted by molar-refractivity contribution is 5.36. The van der Waals surface area contributed by atoms with Gasteiger partial charge in [0.05, 0.1) is 6.42 Å². The minimum atomic E-state index is 0.347. The van der Waals surface area contributed by atoms with Gasteiger partial charge in [-0.3, -0.25) is 0 Å². The van der Waals surface area contributed by atoms with Crippen LogP contribution < -0.4 is 0 Å². The first-order chi connectivity index (χ1) is 9.78. The maximum absolute atomic E-state index is 9.06. The molecular weight excluding hydrogens is 256 g/mol. The number of nitriles is 1. The molecule has 3 rings (SSSR count). The molecule has 2 heterocycles. The van der Waals surface area contributed by atoms with E-state index < -0.39 is 0 Å². The summed E-state index contributed by atoms with van der Waals surface area (Å²) in [6, 6.07) is 2.09. The van der Waals surface area contributed by atoms with Crippen molar-refractivity contribution in [2.45, 2.75) is 51.4 Å². The van der Waals surface area contributed by atoms with Gasteiger partial charge in [0.2, 0.25) is 5.89 Å². The van der Waals surface area contributed by atoms with E-state index in [2.05, 4.69) is 21.4 Å². The van der Waals surface area contributed by atoms with E-state index in [1.165, 1.54) is 19.3 Å². The van der Waals surface area contributed by atoms with Crippen LogP contribution in [0.1, 0.15) is 66.8 Å². The first-order valence-electron chi connectivity index (χ1n) is 6.95. The summed E-state index contributed by atoms with van der Waals surface area (Å²) in [5, 5.41) is 17.0. The molecule has 0 amide bonds. The molecule has 2 aromatic heterocycles. The van der Waals surface area contributed by atoms with Gasteiger partial charge in [-0.2, -0.15) is 10.2 Å². The van der Waals surface area contributed by atoms with Crippen LogP contribution in [-0.2, 0) is 6.42 Å². The van der Waals surface area contributed by atoms with Crippen LogP contribution in [0.3, 0.4) is 0 Å². The maximum atomic E-state index is 9.06. The highest BCUT2D eigenvalue weighted by Gasteiger charge is 2.22. The van der Waals surface area contributed by atoms with Crippen LogP contribution in [0, 0.1) is 18.3 Å². The van der Waals surface area contributed by atoms with Crippen molar-refractivity contribution in [3.05, 3.63) is 28.7 Å². The van der Waals surface area contributed by atoms with E-state index in [9.17, 15) is 0 Å². The SMILES string of the molecule is Cc1onc(Cc2nc(C3CCCCC3)no2)c1C#N. The third-order valence-corrected chi connectivity index (χ3v) is 3.82. The number of nitrogens with zero attached hydrogens (tertiary/aromatic N) is 4. The average Bonchev–Trinajstić information content (AvgIpc) is 3.08. The molecule has 1 aliphatic rings. The molecule has 20 heavy (non-hydrogen) atoms. The second-order valence-electron chi connectivity index (χ2n) is 5.23. The van der Waals surface area contributed by atoms with Gasteiger partial charge in [-0.15, -0.1) is 0 Å². The van der Waals surface area contributed by atoms with Gasteiger partial charge in [0.15, 0.2) is 11.6 Å². The van der Waals surface area contributed by atoms with Gasteiger partial charge < -0.3 is 9.05 Å². The van der Waals surface area contributed by atoms with Crippen molar-refractivity contribution in [3.8, 4) is 6.07 Å². The summed E-state index contributed by atoms with van der Waals surface area (Å²) in [7, 11) is 0. The summed E-state index contributed by atoms with van der Waals surface area (Å²) in [5.41, 5.74) is 1.02. The van der Waals surface area contributed by atoms with Gasteiger partial charge in [0.1, 0.15) is 17.3 Å². The van der Waals surface area contributed by atoms with Crippen LogP contribution in [0.5, 0.6) is 0 Å². The Labute approximate surface area is 116 Å². The fraction of sp³-hybridized carbons (Fsp3) is 0.571. The standard InChI is InChI=1S/C14H16N4O2/c1-9-11(8-15)12(17-19-9)7-13-16-14(18-20-13)10-5-3-2-4-6-10/h10H,2-7H2,1H3. The lowest BCUT2D eigenvalue weighted by atomic mass is 9.89. The summed E-state index contributed by atoms with van der Waals surface area (Å²) in [6.07, 6.45) is 6.37. The minimum absolute atomic E-state index is 0.347. The summed E-state index contributed by atoms with van der Waals surface area (Å²) >= 11 is 0. The van der Waals surface area contributed by atoms with Crippen LogP contribution in [-0.4, -0.2) is 15.3 Å². The molecule has 0 radical (unpaired) electrons. The van der Waals surface area contributed by atoms with Crippen molar-refractivity contribution in [2.24, 2.45) is 0 Å². The van der Waals surface area contributed by atoms with E-state index in [0.717, 1.165) is 18.7 Å². The van der Waals surface area contributed by atoms with E-state index >= 15 is 0 Å². The summed E-state index contributed by atoms with van der Waals surface area (Å²) in [6.45, 7) is 1.72. The molecule has 0 atom stereocenters. The van der Waals surface area contributed by atoms with Crippen LogP contribution in [0.4, 0.5) is 0 Å². The molecule has 0 aliphatic heterocycles. The summed E-state index contributed by atoms with van der Waals surface area (Å²) in [5.74, 6) is 2.22. The molecular formula is C14H16N4O2. The third-order valence-electron chi connectivity index (χ3n) is 3.82. The van der Waals surface area contributed by atoms with Crippen LogP contribution in [0.2, 0.25) is 0 Å². The number of rotatable bonds is 3. The second kappa shape index (κ2) is 5.45. The number of hydrogen-bond acceptors (Lipinski definition) is 6. The number of hydrogen-bond donors (Lipinski definition) is 0. The third kappa shape index (κ3) is 2.44. The van der Waals surface area contributed by atoms with Crippen LogP contribution in [0.15, 0.2) is 9.05 Å². The summed E-state index contributed by atoms with van der Waals surface area (Å²) < 4.78 is 10.3. The second-order valence-corrected chi connectivity index (χ2v) is 5.23. The van der Waals surface area contributed by atoms with Crippen molar-refractivity contribution in [2.75, 3.05) is 0 Å². The van der Waals surface area contributed by atoms with Gasteiger partial charge in [-0.25, -0.2) is 0 Å². The van der Waals surface area contributed by atoms with E-state index in [4.69, 9.17) is 14.3 Å². The van der Waals surface area contributed by atoms with Gasteiger partial charge in [0.25, 0.3) is 0 Å². The molecule has 104 valence electrons. The molecule has 0 spiro atoms. The Morgan fingerprint density at radius 1 is 1.20 bits per heavy atom.